The number of anilines is 2. The fourth-order valence-electron chi connectivity index (χ4n) is 3.06. The van der Waals surface area contributed by atoms with E-state index >= 15 is 0 Å². The van der Waals surface area contributed by atoms with Crippen LogP contribution >= 0.6 is 34.5 Å². The normalized spacial score (nSPS) is 10.6. The average Bonchev–Trinajstić information content (AvgIpc) is 3.18. The molecule has 3 aromatic rings. The van der Waals surface area contributed by atoms with Gasteiger partial charge >= 0.3 is 0 Å². The summed E-state index contributed by atoms with van der Waals surface area (Å²) in [5, 5.41) is 0.937. The van der Waals surface area contributed by atoms with Crippen LogP contribution in [0.15, 0.2) is 36.4 Å². The van der Waals surface area contributed by atoms with E-state index in [1.807, 2.05) is 6.92 Å². The summed E-state index contributed by atoms with van der Waals surface area (Å²) >= 11 is 13.6. The maximum absolute atomic E-state index is 13.7. The minimum absolute atomic E-state index is 0.202. The SMILES string of the molecule is CCN(C)C(=O)c1nc(N(C(=O)c2ccc(Cl)cc2Cl)c2ccc(OC)c(OC)c2)sc1C. The number of hydrogen-bond acceptors (Lipinski definition) is 6. The number of methoxy groups -OCH3 is 2. The third-order valence-corrected chi connectivity index (χ3v) is 6.49. The number of aromatic nitrogens is 1. The summed E-state index contributed by atoms with van der Waals surface area (Å²) in [7, 11) is 4.74. The van der Waals surface area contributed by atoms with Crippen molar-refractivity contribution in [3.8, 4) is 11.5 Å². The monoisotopic (exact) mass is 507 g/mol. The van der Waals surface area contributed by atoms with E-state index in [4.69, 9.17) is 32.7 Å². The summed E-state index contributed by atoms with van der Waals surface area (Å²) in [6.45, 7) is 4.21. The Labute approximate surface area is 206 Å². The highest BCUT2D eigenvalue weighted by Gasteiger charge is 2.28. The first-order valence-corrected chi connectivity index (χ1v) is 11.5. The average molecular weight is 508 g/mol. The lowest BCUT2D eigenvalue weighted by Crippen LogP contribution is -2.28. The zero-order valence-corrected chi connectivity index (χ0v) is 21.1. The third-order valence-electron chi connectivity index (χ3n) is 4.99. The molecule has 174 valence electrons. The highest BCUT2D eigenvalue weighted by atomic mass is 35.5. The number of aryl methyl sites for hydroxylation is 1. The van der Waals surface area contributed by atoms with Crippen molar-refractivity contribution in [1.82, 2.24) is 9.88 Å². The van der Waals surface area contributed by atoms with Gasteiger partial charge in [0.15, 0.2) is 16.6 Å². The minimum Gasteiger partial charge on any atom is -0.493 e. The molecule has 0 aliphatic heterocycles. The molecule has 0 aliphatic carbocycles. The predicted octanol–water partition coefficient (Wildman–Crippen LogP) is 5.85. The Bertz CT molecular complexity index is 1200. The van der Waals surface area contributed by atoms with Gasteiger partial charge in [0.25, 0.3) is 11.8 Å². The molecule has 0 aliphatic rings. The Morgan fingerprint density at radius 2 is 1.73 bits per heavy atom. The molecule has 1 aromatic heterocycles. The van der Waals surface area contributed by atoms with Crippen molar-refractivity contribution in [2.24, 2.45) is 0 Å². The first-order valence-electron chi connectivity index (χ1n) is 9.96. The molecule has 1 heterocycles. The first-order chi connectivity index (χ1) is 15.7. The summed E-state index contributed by atoms with van der Waals surface area (Å²) in [4.78, 5) is 34.7. The molecule has 7 nitrogen and oxygen atoms in total. The summed E-state index contributed by atoms with van der Waals surface area (Å²) in [6.07, 6.45) is 0. The molecule has 0 unspecified atom stereocenters. The largest absolute Gasteiger partial charge is 0.493 e. The number of ether oxygens (including phenoxy) is 2. The van der Waals surface area contributed by atoms with Gasteiger partial charge in [-0.1, -0.05) is 23.2 Å². The second kappa shape index (κ2) is 10.4. The fraction of sp³-hybridized carbons (Fsp3) is 0.261. The number of carbonyl (C=O) groups is 2. The van der Waals surface area contributed by atoms with Crippen LogP contribution in [0.25, 0.3) is 0 Å². The molecular weight excluding hydrogens is 485 g/mol. The second-order valence-corrected chi connectivity index (χ2v) is 9.05. The van der Waals surface area contributed by atoms with E-state index in [2.05, 4.69) is 4.98 Å². The van der Waals surface area contributed by atoms with Gasteiger partial charge in [-0.25, -0.2) is 4.98 Å². The molecule has 2 amide bonds. The van der Waals surface area contributed by atoms with Gasteiger partial charge in [0, 0.05) is 29.6 Å². The molecule has 33 heavy (non-hydrogen) atoms. The van der Waals surface area contributed by atoms with Crippen LogP contribution in [-0.4, -0.2) is 49.5 Å². The Morgan fingerprint density at radius 1 is 1.03 bits per heavy atom. The van der Waals surface area contributed by atoms with E-state index in [0.717, 1.165) is 0 Å². The Kier molecular flexibility index (Phi) is 7.84. The number of hydrogen-bond donors (Lipinski definition) is 0. The van der Waals surface area contributed by atoms with Crippen LogP contribution in [0, 0.1) is 6.92 Å². The number of thiazole rings is 1. The summed E-state index contributed by atoms with van der Waals surface area (Å²) < 4.78 is 10.7. The van der Waals surface area contributed by atoms with Crippen molar-refractivity contribution < 1.29 is 19.1 Å². The van der Waals surface area contributed by atoms with Crippen LogP contribution in [0.2, 0.25) is 10.0 Å². The number of amides is 2. The molecule has 0 fully saturated rings. The fourth-order valence-corrected chi connectivity index (χ4v) is 4.47. The van der Waals surface area contributed by atoms with E-state index in [9.17, 15) is 9.59 Å². The van der Waals surface area contributed by atoms with Gasteiger partial charge in [-0.2, -0.15) is 0 Å². The minimum atomic E-state index is -0.430. The molecule has 0 N–H and O–H groups in total. The quantitative estimate of drug-likeness (QED) is 0.401. The first kappa shape index (κ1) is 24.8. The van der Waals surface area contributed by atoms with Gasteiger partial charge in [-0.05, 0) is 44.2 Å². The molecular formula is C23H23Cl2N3O4S. The molecule has 0 saturated carbocycles. The predicted molar refractivity (Wildman–Crippen MR) is 132 cm³/mol. The maximum Gasteiger partial charge on any atom is 0.273 e. The number of benzene rings is 2. The van der Waals surface area contributed by atoms with Crippen molar-refractivity contribution in [3.63, 3.8) is 0 Å². The molecule has 0 bridgehead atoms. The number of rotatable bonds is 7. The molecule has 0 saturated heterocycles. The lowest BCUT2D eigenvalue weighted by atomic mass is 10.1. The van der Waals surface area contributed by atoms with Crippen LogP contribution < -0.4 is 14.4 Å². The van der Waals surface area contributed by atoms with Gasteiger partial charge in [0.2, 0.25) is 0 Å². The van der Waals surface area contributed by atoms with Crippen molar-refractivity contribution in [3.05, 3.63) is 62.6 Å². The van der Waals surface area contributed by atoms with Gasteiger partial charge < -0.3 is 14.4 Å². The van der Waals surface area contributed by atoms with E-state index in [1.54, 1.807) is 49.2 Å². The molecule has 10 heteroatoms. The van der Waals surface area contributed by atoms with E-state index in [-0.39, 0.29) is 16.5 Å². The zero-order chi connectivity index (χ0) is 24.3. The van der Waals surface area contributed by atoms with Crippen molar-refractivity contribution in [2.75, 3.05) is 32.7 Å². The topological polar surface area (TPSA) is 72.0 Å². The van der Waals surface area contributed by atoms with Crippen molar-refractivity contribution in [2.45, 2.75) is 13.8 Å². The van der Waals surface area contributed by atoms with Crippen LogP contribution in [0.5, 0.6) is 11.5 Å². The Balaban J connectivity index is 2.18. The lowest BCUT2D eigenvalue weighted by Gasteiger charge is -2.22. The molecule has 0 radical (unpaired) electrons. The Morgan fingerprint density at radius 3 is 2.33 bits per heavy atom. The molecule has 2 aromatic carbocycles. The van der Waals surface area contributed by atoms with Crippen LogP contribution in [0.3, 0.4) is 0 Å². The lowest BCUT2D eigenvalue weighted by molar-refractivity contribution is 0.0796. The van der Waals surface area contributed by atoms with Crippen LogP contribution in [0.4, 0.5) is 10.8 Å². The number of halogens is 2. The van der Waals surface area contributed by atoms with Crippen LogP contribution in [-0.2, 0) is 0 Å². The maximum atomic E-state index is 13.7. The highest BCUT2D eigenvalue weighted by Crippen LogP contribution is 2.38. The van der Waals surface area contributed by atoms with E-state index < -0.39 is 5.91 Å². The van der Waals surface area contributed by atoms with Gasteiger partial charge in [-0.15, -0.1) is 11.3 Å². The van der Waals surface area contributed by atoms with Gasteiger partial charge in [-0.3, -0.25) is 14.5 Å². The highest BCUT2D eigenvalue weighted by molar-refractivity contribution is 7.16. The number of nitrogens with zero attached hydrogens (tertiary/aromatic N) is 3. The Hall–Kier alpha value is -2.81. The summed E-state index contributed by atoms with van der Waals surface area (Å²) in [6, 6.07) is 9.71. The standard InChI is InChI=1S/C23H23Cl2N3O4S/c1-6-27(3)22(30)20-13(2)33-23(26-20)28(15-8-10-18(31-4)19(12-15)32-5)21(29)16-9-7-14(24)11-17(16)25/h7-12H,6H2,1-5H3. The van der Waals surface area contributed by atoms with E-state index in [0.29, 0.717) is 44.5 Å². The van der Waals surface area contributed by atoms with Crippen molar-refractivity contribution >= 4 is 57.2 Å². The molecule has 3 rings (SSSR count). The van der Waals surface area contributed by atoms with Gasteiger partial charge in [0.1, 0.15) is 5.69 Å². The third kappa shape index (κ3) is 5.08. The smallest absolute Gasteiger partial charge is 0.273 e. The van der Waals surface area contributed by atoms with Gasteiger partial charge in [0.05, 0.1) is 30.5 Å². The molecule has 0 spiro atoms. The van der Waals surface area contributed by atoms with Crippen LogP contribution in [0.1, 0.15) is 32.6 Å². The van der Waals surface area contributed by atoms with E-state index in [1.165, 1.54) is 36.5 Å². The summed E-state index contributed by atoms with van der Waals surface area (Å²) in [5.74, 6) is 0.293. The summed E-state index contributed by atoms with van der Waals surface area (Å²) in [5.41, 5.74) is 1.00. The number of carbonyl (C=O) groups excluding carboxylic acids is 2. The van der Waals surface area contributed by atoms with Crippen molar-refractivity contribution in [1.29, 1.82) is 0 Å². The zero-order valence-electron chi connectivity index (χ0n) is 18.8. The second-order valence-electron chi connectivity index (χ2n) is 7.02. The molecule has 0 atom stereocenters.